The molecule has 0 bridgehead atoms. The first kappa shape index (κ1) is 37.6. The Hall–Kier alpha value is -4.25. The van der Waals surface area contributed by atoms with Gasteiger partial charge in [-0.25, -0.2) is 8.42 Å². The normalized spacial score (nSPS) is 12.5. The topological polar surface area (TPSA) is 105 Å². The number of benzene rings is 4. The number of hydrogen-bond donors (Lipinski definition) is 1. The molecule has 0 aliphatic heterocycles. The van der Waals surface area contributed by atoms with Gasteiger partial charge in [-0.05, 0) is 62.2 Å². The van der Waals surface area contributed by atoms with Gasteiger partial charge in [0, 0.05) is 40.7 Å². The Bertz CT molecular complexity index is 1840. The molecule has 0 spiro atoms. The van der Waals surface area contributed by atoms with Crippen LogP contribution in [0, 0.1) is 6.92 Å². The van der Waals surface area contributed by atoms with Crippen molar-refractivity contribution < 1.29 is 27.5 Å². The Morgan fingerprint density at radius 1 is 0.878 bits per heavy atom. The number of hydrogen-bond acceptors (Lipinski definition) is 6. The number of methoxy groups -OCH3 is 2. The van der Waals surface area contributed by atoms with Gasteiger partial charge < -0.3 is 19.7 Å². The summed E-state index contributed by atoms with van der Waals surface area (Å²) >= 11 is 13.2. The van der Waals surface area contributed by atoms with Crippen LogP contribution >= 0.6 is 23.2 Å². The van der Waals surface area contributed by atoms with Crippen LogP contribution in [0.5, 0.6) is 11.5 Å². The molecule has 260 valence electrons. The quantitative estimate of drug-likeness (QED) is 0.141. The second-order valence-corrected chi connectivity index (χ2v) is 14.3. The van der Waals surface area contributed by atoms with E-state index in [2.05, 4.69) is 5.32 Å². The molecule has 4 aromatic carbocycles. The molecule has 0 saturated heterocycles. The first-order valence-corrected chi connectivity index (χ1v) is 18.0. The highest BCUT2D eigenvalue weighted by Gasteiger charge is 2.36. The fourth-order valence-electron chi connectivity index (χ4n) is 5.19. The summed E-state index contributed by atoms with van der Waals surface area (Å²) in [7, 11) is -1.52. The lowest BCUT2D eigenvalue weighted by Crippen LogP contribution is -2.54. The summed E-state index contributed by atoms with van der Waals surface area (Å²) in [6.07, 6.45) is 0.802. The lowest BCUT2D eigenvalue weighted by Gasteiger charge is -2.35. The van der Waals surface area contributed by atoms with E-state index in [1.165, 1.54) is 37.3 Å². The van der Waals surface area contributed by atoms with Crippen LogP contribution in [0.1, 0.15) is 37.0 Å². The molecule has 0 unspecified atom stereocenters. The van der Waals surface area contributed by atoms with Crippen molar-refractivity contribution in [1.29, 1.82) is 0 Å². The highest BCUT2D eigenvalue weighted by molar-refractivity contribution is 7.92. The summed E-state index contributed by atoms with van der Waals surface area (Å²) in [6.45, 7) is 4.80. The summed E-state index contributed by atoms with van der Waals surface area (Å²) in [5.74, 6) is -0.527. The summed E-state index contributed by atoms with van der Waals surface area (Å²) in [5.41, 5.74) is 2.16. The number of anilines is 1. The van der Waals surface area contributed by atoms with Gasteiger partial charge in [0.25, 0.3) is 10.0 Å². The first-order chi connectivity index (χ1) is 23.4. The summed E-state index contributed by atoms with van der Waals surface area (Å²) in [4.78, 5) is 30.2. The molecule has 0 aliphatic carbocycles. The number of nitrogens with one attached hydrogen (secondary N) is 1. The number of rotatable bonds is 15. The minimum Gasteiger partial charge on any atom is -0.497 e. The van der Waals surface area contributed by atoms with Crippen LogP contribution in [0.25, 0.3) is 0 Å². The smallest absolute Gasteiger partial charge is 0.264 e. The van der Waals surface area contributed by atoms with Crippen molar-refractivity contribution in [3.8, 4) is 11.5 Å². The van der Waals surface area contributed by atoms with Crippen LogP contribution in [0.3, 0.4) is 0 Å². The molecule has 0 saturated carbocycles. The minimum absolute atomic E-state index is 0.0354. The van der Waals surface area contributed by atoms with Crippen molar-refractivity contribution in [2.75, 3.05) is 25.1 Å². The van der Waals surface area contributed by atoms with E-state index in [-0.39, 0.29) is 35.3 Å². The van der Waals surface area contributed by atoms with E-state index < -0.39 is 34.4 Å². The van der Waals surface area contributed by atoms with Gasteiger partial charge >= 0.3 is 0 Å². The standard InChI is InChI=1S/C37H41Cl2N3O6S/c1-6-26(3)40-37(44)34(21-27-11-8-7-9-12-27)41(23-30-31(38)13-10-14-32(30)39)36(43)24-42(33-22-28(47-4)17-20-35(33)48-5)49(45,46)29-18-15-25(2)16-19-29/h7-20,22,26,34H,6,21,23-24H2,1-5H3,(H,40,44)/t26-,34+/m1/s1. The Balaban J connectivity index is 1.90. The molecular formula is C37H41Cl2N3O6S. The van der Waals surface area contributed by atoms with E-state index in [1.54, 1.807) is 42.5 Å². The van der Waals surface area contributed by atoms with E-state index in [1.807, 2.05) is 51.1 Å². The molecule has 2 amide bonds. The lowest BCUT2D eigenvalue weighted by molar-refractivity contribution is -0.140. The lowest BCUT2D eigenvalue weighted by atomic mass is 10.0. The van der Waals surface area contributed by atoms with E-state index in [4.69, 9.17) is 32.7 Å². The average molecular weight is 727 g/mol. The molecular weight excluding hydrogens is 685 g/mol. The number of sulfonamides is 1. The number of nitrogens with zero attached hydrogens (tertiary/aromatic N) is 2. The first-order valence-electron chi connectivity index (χ1n) is 15.8. The number of ether oxygens (including phenoxy) is 2. The number of amides is 2. The molecule has 1 N–H and O–H groups in total. The van der Waals surface area contributed by atoms with Crippen molar-refractivity contribution in [1.82, 2.24) is 10.2 Å². The van der Waals surface area contributed by atoms with Crippen LogP contribution in [0.15, 0.2) is 95.9 Å². The van der Waals surface area contributed by atoms with Crippen molar-refractivity contribution in [2.45, 2.75) is 57.1 Å². The molecule has 0 aliphatic rings. The van der Waals surface area contributed by atoms with Crippen LogP contribution < -0.4 is 19.1 Å². The number of carbonyl (C=O) groups is 2. The van der Waals surface area contributed by atoms with E-state index in [0.717, 1.165) is 15.4 Å². The van der Waals surface area contributed by atoms with E-state index in [9.17, 15) is 18.0 Å². The molecule has 0 radical (unpaired) electrons. The van der Waals surface area contributed by atoms with Gasteiger partial charge in [-0.3, -0.25) is 13.9 Å². The summed E-state index contributed by atoms with van der Waals surface area (Å²) in [5, 5.41) is 3.60. The number of carbonyl (C=O) groups excluding carboxylic acids is 2. The van der Waals surface area contributed by atoms with Crippen molar-refractivity contribution in [3.05, 3.63) is 118 Å². The van der Waals surface area contributed by atoms with Crippen molar-refractivity contribution >= 4 is 50.7 Å². The van der Waals surface area contributed by atoms with E-state index >= 15 is 0 Å². The maximum absolute atomic E-state index is 14.8. The molecule has 0 fully saturated rings. The van der Waals surface area contributed by atoms with Crippen molar-refractivity contribution in [2.24, 2.45) is 0 Å². The predicted molar refractivity (Wildman–Crippen MR) is 194 cm³/mol. The monoisotopic (exact) mass is 725 g/mol. The predicted octanol–water partition coefficient (Wildman–Crippen LogP) is 7.07. The largest absolute Gasteiger partial charge is 0.497 e. The van der Waals surface area contributed by atoms with Crippen molar-refractivity contribution in [3.63, 3.8) is 0 Å². The van der Waals surface area contributed by atoms with Gasteiger partial charge in [-0.15, -0.1) is 0 Å². The second-order valence-electron chi connectivity index (χ2n) is 11.6. The van der Waals surface area contributed by atoms with Crippen LogP contribution in [-0.2, 0) is 32.6 Å². The van der Waals surface area contributed by atoms with Crippen LogP contribution in [0.4, 0.5) is 5.69 Å². The van der Waals surface area contributed by atoms with Gasteiger partial charge in [0.05, 0.1) is 24.8 Å². The van der Waals surface area contributed by atoms with E-state index in [0.29, 0.717) is 27.8 Å². The zero-order chi connectivity index (χ0) is 35.7. The molecule has 4 aromatic rings. The molecule has 2 atom stereocenters. The Morgan fingerprint density at radius 2 is 1.53 bits per heavy atom. The third-order valence-electron chi connectivity index (χ3n) is 8.20. The molecule has 49 heavy (non-hydrogen) atoms. The fraction of sp³-hybridized carbons (Fsp3) is 0.297. The third-order valence-corrected chi connectivity index (χ3v) is 10.7. The Kier molecular flexibility index (Phi) is 13.0. The zero-order valence-electron chi connectivity index (χ0n) is 28.2. The minimum atomic E-state index is -4.38. The maximum atomic E-state index is 14.8. The van der Waals surface area contributed by atoms with Gasteiger partial charge in [0.2, 0.25) is 11.8 Å². The molecule has 9 nitrogen and oxygen atoms in total. The average Bonchev–Trinajstić information content (AvgIpc) is 3.09. The van der Waals surface area contributed by atoms with Gasteiger partial charge in [-0.1, -0.05) is 84.2 Å². The highest BCUT2D eigenvalue weighted by atomic mass is 35.5. The number of aryl methyl sites for hydroxylation is 1. The zero-order valence-corrected chi connectivity index (χ0v) is 30.5. The van der Waals surface area contributed by atoms with Gasteiger partial charge in [-0.2, -0.15) is 0 Å². The van der Waals surface area contributed by atoms with Crippen LogP contribution in [0.2, 0.25) is 10.0 Å². The maximum Gasteiger partial charge on any atom is 0.264 e. The Morgan fingerprint density at radius 3 is 2.12 bits per heavy atom. The highest BCUT2D eigenvalue weighted by Crippen LogP contribution is 2.36. The summed E-state index contributed by atoms with van der Waals surface area (Å²) < 4.78 is 40.9. The third kappa shape index (κ3) is 9.26. The molecule has 12 heteroatoms. The second kappa shape index (κ2) is 16.9. The van der Waals surface area contributed by atoms with Gasteiger partial charge in [0.1, 0.15) is 24.1 Å². The fourth-order valence-corrected chi connectivity index (χ4v) is 7.12. The molecule has 0 aromatic heterocycles. The van der Waals surface area contributed by atoms with Crippen LogP contribution in [-0.4, -0.2) is 58.0 Å². The summed E-state index contributed by atoms with van der Waals surface area (Å²) in [6, 6.07) is 24.0. The SMILES string of the molecule is CC[C@@H](C)NC(=O)[C@H](Cc1ccccc1)N(Cc1c(Cl)cccc1Cl)C(=O)CN(c1cc(OC)ccc1OC)S(=O)(=O)c1ccc(C)cc1. The molecule has 0 heterocycles. The number of halogens is 2. The Labute approximate surface area is 298 Å². The molecule has 4 rings (SSSR count). The van der Waals surface area contributed by atoms with Gasteiger partial charge in [0.15, 0.2) is 0 Å².